The summed E-state index contributed by atoms with van der Waals surface area (Å²) in [7, 11) is 0. The molecule has 0 bridgehead atoms. The van der Waals surface area contributed by atoms with Crippen molar-refractivity contribution in [1.82, 2.24) is 29.0 Å². The molecule has 4 rings (SSSR count). The molecule has 1 aromatic carbocycles. The smallest absolute Gasteiger partial charge is 0.203 e. The molecule has 1 saturated heterocycles. The van der Waals surface area contributed by atoms with Crippen molar-refractivity contribution in [3.05, 3.63) is 41.7 Å². The minimum Gasteiger partial charge on any atom is -0.296 e. The third-order valence-corrected chi connectivity index (χ3v) is 6.08. The molecule has 0 spiro atoms. The van der Waals surface area contributed by atoms with Crippen LogP contribution in [0.4, 0.5) is 4.39 Å². The summed E-state index contributed by atoms with van der Waals surface area (Å²) >= 11 is 2.78. The Balaban J connectivity index is 1.67. The van der Waals surface area contributed by atoms with Gasteiger partial charge in [0.25, 0.3) is 0 Å². The van der Waals surface area contributed by atoms with Gasteiger partial charge in [0.15, 0.2) is 10.2 Å². The first-order chi connectivity index (χ1) is 12.7. The molecule has 1 aliphatic heterocycles. The number of aromatic nitrogens is 5. The fourth-order valence-electron chi connectivity index (χ4n) is 3.03. The van der Waals surface area contributed by atoms with Gasteiger partial charge in [0.05, 0.1) is 6.54 Å². The van der Waals surface area contributed by atoms with Crippen LogP contribution in [0.5, 0.6) is 0 Å². The second kappa shape index (κ2) is 7.81. The van der Waals surface area contributed by atoms with Crippen LogP contribution in [0.25, 0.3) is 5.69 Å². The Labute approximate surface area is 159 Å². The van der Waals surface area contributed by atoms with Gasteiger partial charge in [0.2, 0.25) is 5.16 Å². The Hall–Kier alpha value is -1.84. The third kappa shape index (κ3) is 3.94. The highest BCUT2D eigenvalue weighted by molar-refractivity contribution is 8.00. The average Bonchev–Trinajstić information content (AvgIpc) is 3.23. The predicted octanol–water partition coefficient (Wildman–Crippen LogP) is 3.70. The summed E-state index contributed by atoms with van der Waals surface area (Å²) in [6.07, 6.45) is 3.73. The number of likely N-dealkylation sites (tertiary alicyclic amines) is 1. The van der Waals surface area contributed by atoms with E-state index < -0.39 is 0 Å². The second-order valence-electron chi connectivity index (χ2n) is 6.26. The highest BCUT2D eigenvalue weighted by Gasteiger charge is 2.20. The van der Waals surface area contributed by atoms with E-state index in [4.69, 9.17) is 0 Å². The van der Waals surface area contributed by atoms with Crippen molar-refractivity contribution in [2.75, 3.05) is 13.1 Å². The first-order valence-corrected chi connectivity index (χ1v) is 10.2. The van der Waals surface area contributed by atoms with E-state index in [2.05, 4.69) is 24.5 Å². The van der Waals surface area contributed by atoms with Crippen molar-refractivity contribution >= 4 is 23.3 Å². The molecule has 3 aromatic rings. The van der Waals surface area contributed by atoms with E-state index in [0.717, 1.165) is 46.5 Å². The van der Waals surface area contributed by atoms with Crippen molar-refractivity contribution in [3.8, 4) is 5.69 Å². The van der Waals surface area contributed by atoms with E-state index in [1.54, 1.807) is 12.1 Å². The van der Waals surface area contributed by atoms with Gasteiger partial charge in [-0.25, -0.2) is 9.37 Å². The summed E-state index contributed by atoms with van der Waals surface area (Å²) in [6, 6.07) is 6.44. The molecule has 1 fully saturated rings. The highest BCUT2D eigenvalue weighted by Crippen LogP contribution is 2.30. The number of halogens is 1. The van der Waals surface area contributed by atoms with Crippen LogP contribution >= 0.6 is 23.3 Å². The standard InChI is InChI=1S/C17H19FN6S2/c1-12-19-17(26-22-12)25-16-21-20-15(11-23-9-3-2-4-10-23)24(16)14-7-5-13(18)6-8-14/h5-8H,2-4,9-11H2,1H3. The van der Waals surface area contributed by atoms with Gasteiger partial charge in [-0.05, 0) is 80.4 Å². The maximum absolute atomic E-state index is 13.4. The monoisotopic (exact) mass is 390 g/mol. The van der Waals surface area contributed by atoms with E-state index in [0.29, 0.717) is 0 Å². The number of rotatable bonds is 5. The Morgan fingerprint density at radius 3 is 2.58 bits per heavy atom. The van der Waals surface area contributed by atoms with Crippen LogP contribution < -0.4 is 0 Å². The molecule has 0 aliphatic carbocycles. The number of hydrogen-bond donors (Lipinski definition) is 0. The maximum Gasteiger partial charge on any atom is 0.203 e. The van der Waals surface area contributed by atoms with Gasteiger partial charge in [-0.2, -0.15) is 4.37 Å². The summed E-state index contributed by atoms with van der Waals surface area (Å²) in [5.41, 5.74) is 0.854. The topological polar surface area (TPSA) is 59.7 Å². The normalized spacial score (nSPS) is 15.5. The molecular weight excluding hydrogens is 371 g/mol. The minimum absolute atomic E-state index is 0.256. The van der Waals surface area contributed by atoms with Crippen LogP contribution in [-0.2, 0) is 6.54 Å². The second-order valence-corrected chi connectivity index (χ2v) is 8.22. The van der Waals surface area contributed by atoms with Gasteiger partial charge in [-0.15, -0.1) is 10.2 Å². The van der Waals surface area contributed by atoms with Crippen LogP contribution in [-0.4, -0.2) is 42.1 Å². The molecule has 0 radical (unpaired) electrons. The first kappa shape index (κ1) is 17.6. The van der Waals surface area contributed by atoms with Crippen LogP contribution in [0.2, 0.25) is 0 Å². The molecule has 136 valence electrons. The number of aryl methyl sites for hydroxylation is 1. The van der Waals surface area contributed by atoms with Gasteiger partial charge < -0.3 is 0 Å². The zero-order valence-electron chi connectivity index (χ0n) is 14.4. The van der Waals surface area contributed by atoms with E-state index in [1.165, 1.54) is 54.7 Å². The lowest BCUT2D eigenvalue weighted by Crippen LogP contribution is -2.30. The van der Waals surface area contributed by atoms with Crippen molar-refractivity contribution < 1.29 is 4.39 Å². The summed E-state index contributed by atoms with van der Waals surface area (Å²) < 4.78 is 20.4. The van der Waals surface area contributed by atoms with Crippen molar-refractivity contribution in [1.29, 1.82) is 0 Å². The lowest BCUT2D eigenvalue weighted by atomic mass is 10.1. The molecule has 1 aliphatic rings. The lowest BCUT2D eigenvalue weighted by Gasteiger charge is -2.26. The molecule has 0 N–H and O–H groups in total. The Kier molecular flexibility index (Phi) is 5.28. The van der Waals surface area contributed by atoms with E-state index >= 15 is 0 Å². The zero-order valence-corrected chi connectivity index (χ0v) is 16.1. The quantitative estimate of drug-likeness (QED) is 0.662. The van der Waals surface area contributed by atoms with Crippen LogP contribution in [0.1, 0.15) is 30.9 Å². The number of benzene rings is 1. The fraction of sp³-hybridized carbons (Fsp3) is 0.412. The lowest BCUT2D eigenvalue weighted by molar-refractivity contribution is 0.214. The third-order valence-electron chi connectivity index (χ3n) is 4.29. The largest absolute Gasteiger partial charge is 0.296 e. The van der Waals surface area contributed by atoms with Gasteiger partial charge in [0.1, 0.15) is 11.6 Å². The van der Waals surface area contributed by atoms with Crippen LogP contribution in [0.15, 0.2) is 33.8 Å². The van der Waals surface area contributed by atoms with E-state index in [9.17, 15) is 4.39 Å². The molecule has 0 amide bonds. The molecule has 26 heavy (non-hydrogen) atoms. The Bertz CT molecular complexity index is 870. The molecule has 0 atom stereocenters. The van der Waals surface area contributed by atoms with Crippen LogP contribution in [0, 0.1) is 12.7 Å². The van der Waals surface area contributed by atoms with E-state index in [1.807, 2.05) is 11.5 Å². The summed E-state index contributed by atoms with van der Waals surface area (Å²) in [6.45, 7) is 4.76. The molecule has 2 aromatic heterocycles. The molecule has 9 heteroatoms. The van der Waals surface area contributed by atoms with Crippen molar-refractivity contribution in [2.45, 2.75) is 42.2 Å². The Morgan fingerprint density at radius 1 is 1.12 bits per heavy atom. The predicted molar refractivity (Wildman–Crippen MR) is 99.2 cm³/mol. The number of hydrogen-bond acceptors (Lipinski definition) is 7. The molecular formula is C17H19FN6S2. The zero-order chi connectivity index (χ0) is 17.9. The SMILES string of the molecule is Cc1nsc(Sc2nnc(CN3CCCCC3)n2-c2ccc(F)cc2)n1. The first-order valence-electron chi connectivity index (χ1n) is 8.60. The van der Waals surface area contributed by atoms with E-state index in [-0.39, 0.29) is 5.82 Å². The molecule has 6 nitrogen and oxygen atoms in total. The Morgan fingerprint density at radius 2 is 1.88 bits per heavy atom. The summed E-state index contributed by atoms with van der Waals surface area (Å²) in [5.74, 6) is 1.36. The van der Waals surface area contributed by atoms with Crippen molar-refractivity contribution in [3.63, 3.8) is 0 Å². The average molecular weight is 391 g/mol. The molecule has 0 saturated carbocycles. The van der Waals surface area contributed by atoms with Gasteiger partial charge >= 0.3 is 0 Å². The highest BCUT2D eigenvalue weighted by atomic mass is 32.2. The van der Waals surface area contributed by atoms with Gasteiger partial charge in [0, 0.05) is 5.69 Å². The van der Waals surface area contributed by atoms with Crippen molar-refractivity contribution in [2.24, 2.45) is 0 Å². The van der Waals surface area contributed by atoms with Gasteiger partial charge in [-0.1, -0.05) is 6.42 Å². The summed E-state index contributed by atoms with van der Waals surface area (Å²) in [4.78, 5) is 6.80. The number of nitrogens with zero attached hydrogens (tertiary/aromatic N) is 6. The van der Waals surface area contributed by atoms with Crippen LogP contribution in [0.3, 0.4) is 0 Å². The molecule has 3 heterocycles. The van der Waals surface area contributed by atoms with Gasteiger partial charge in [-0.3, -0.25) is 9.47 Å². The maximum atomic E-state index is 13.4. The minimum atomic E-state index is -0.256. The molecule has 0 unspecified atom stereocenters. The summed E-state index contributed by atoms with van der Waals surface area (Å²) in [5, 5.41) is 9.53. The number of piperidine rings is 1. The fourth-order valence-corrected chi connectivity index (χ4v) is 4.66.